The van der Waals surface area contributed by atoms with Gasteiger partial charge in [-0.2, -0.15) is 0 Å². The van der Waals surface area contributed by atoms with Crippen LogP contribution >= 0.6 is 0 Å². The van der Waals surface area contributed by atoms with Crippen molar-refractivity contribution in [3.63, 3.8) is 0 Å². The molecule has 0 aliphatic heterocycles. The topological polar surface area (TPSA) is 29.5 Å². The average molecular weight is 230 g/mol. The van der Waals surface area contributed by atoms with Crippen LogP contribution in [-0.2, 0) is 4.43 Å². The van der Waals surface area contributed by atoms with E-state index in [4.69, 9.17) is 9.53 Å². The molecule has 0 rings (SSSR count). The Bertz CT molecular complexity index is 192. The minimum Gasteiger partial charge on any atom is -0.417 e. The van der Waals surface area contributed by atoms with Crippen LogP contribution in [0.3, 0.4) is 0 Å². The average Bonchev–Trinajstić information content (AvgIpc) is 2.09. The highest BCUT2D eigenvalue weighted by atomic mass is 28.4. The Balaban J connectivity index is 3.72. The SMILES string of the molecule is CC(C)(C)[Si](C)(C)OCCCC=CCO. The van der Waals surface area contributed by atoms with Gasteiger partial charge in [-0.05, 0) is 31.0 Å². The van der Waals surface area contributed by atoms with Gasteiger partial charge in [0.2, 0.25) is 0 Å². The summed E-state index contributed by atoms with van der Waals surface area (Å²) in [6.45, 7) is 12.3. The lowest BCUT2D eigenvalue weighted by atomic mass is 10.2. The van der Waals surface area contributed by atoms with E-state index in [1.54, 1.807) is 6.08 Å². The molecule has 1 N–H and O–H groups in total. The Morgan fingerprint density at radius 3 is 2.27 bits per heavy atom. The predicted octanol–water partition coefficient (Wildman–Crippen LogP) is 3.34. The summed E-state index contributed by atoms with van der Waals surface area (Å²) >= 11 is 0. The van der Waals surface area contributed by atoms with Crippen molar-refractivity contribution in [2.45, 2.75) is 51.7 Å². The van der Waals surface area contributed by atoms with E-state index in [-0.39, 0.29) is 6.61 Å². The molecule has 0 aromatic heterocycles. The van der Waals surface area contributed by atoms with Crippen LogP contribution in [0.4, 0.5) is 0 Å². The monoisotopic (exact) mass is 230 g/mol. The van der Waals surface area contributed by atoms with Crippen LogP contribution < -0.4 is 0 Å². The highest BCUT2D eigenvalue weighted by molar-refractivity contribution is 6.74. The first-order valence-corrected chi connectivity index (χ1v) is 8.62. The van der Waals surface area contributed by atoms with Gasteiger partial charge in [0.15, 0.2) is 8.32 Å². The third kappa shape index (κ3) is 6.13. The smallest absolute Gasteiger partial charge is 0.191 e. The second-order valence-corrected chi connectivity index (χ2v) is 10.2. The van der Waals surface area contributed by atoms with Gasteiger partial charge in [-0.1, -0.05) is 32.9 Å². The second kappa shape index (κ2) is 6.46. The summed E-state index contributed by atoms with van der Waals surface area (Å²) in [6, 6.07) is 0. The molecule has 0 fully saturated rings. The summed E-state index contributed by atoms with van der Waals surface area (Å²) in [5, 5.41) is 8.85. The zero-order valence-corrected chi connectivity index (χ0v) is 11.8. The van der Waals surface area contributed by atoms with Crippen molar-refractivity contribution < 1.29 is 9.53 Å². The molecule has 0 aromatic carbocycles. The van der Waals surface area contributed by atoms with Crippen LogP contribution in [0, 0.1) is 0 Å². The Labute approximate surface area is 95.5 Å². The van der Waals surface area contributed by atoms with Gasteiger partial charge in [-0.15, -0.1) is 0 Å². The standard InChI is InChI=1S/C12H26O2Si/c1-12(2,3)15(4,5)14-11-9-7-6-8-10-13/h6,8,13H,7,9-11H2,1-5H3. The summed E-state index contributed by atoms with van der Waals surface area (Å²) in [5.41, 5.74) is 0. The summed E-state index contributed by atoms with van der Waals surface area (Å²) < 4.78 is 6.02. The normalized spacial score (nSPS) is 13.7. The lowest BCUT2D eigenvalue weighted by molar-refractivity contribution is 0.283. The molecule has 0 amide bonds. The van der Waals surface area contributed by atoms with E-state index in [0.29, 0.717) is 5.04 Å². The van der Waals surface area contributed by atoms with Crippen molar-refractivity contribution in [3.05, 3.63) is 12.2 Å². The Morgan fingerprint density at radius 1 is 1.20 bits per heavy atom. The zero-order chi connectivity index (χ0) is 11.9. The Kier molecular flexibility index (Phi) is 6.40. The molecule has 0 saturated carbocycles. The molecule has 0 aromatic rings. The molecule has 0 bridgehead atoms. The highest BCUT2D eigenvalue weighted by Gasteiger charge is 2.36. The Morgan fingerprint density at radius 2 is 1.80 bits per heavy atom. The summed E-state index contributed by atoms with van der Waals surface area (Å²) in [5.74, 6) is 0. The van der Waals surface area contributed by atoms with Gasteiger partial charge in [0, 0.05) is 6.61 Å². The second-order valence-electron chi connectivity index (χ2n) is 5.40. The van der Waals surface area contributed by atoms with Gasteiger partial charge in [0.25, 0.3) is 0 Å². The fourth-order valence-corrected chi connectivity index (χ4v) is 2.03. The van der Waals surface area contributed by atoms with Gasteiger partial charge in [0.1, 0.15) is 0 Å². The molecular weight excluding hydrogens is 204 g/mol. The quantitative estimate of drug-likeness (QED) is 0.431. The lowest BCUT2D eigenvalue weighted by Gasteiger charge is -2.36. The molecule has 0 aliphatic rings. The van der Waals surface area contributed by atoms with E-state index in [1.807, 2.05) is 6.08 Å². The number of allylic oxidation sites excluding steroid dienone is 1. The maximum absolute atomic E-state index is 8.55. The van der Waals surface area contributed by atoms with Gasteiger partial charge in [0.05, 0.1) is 6.61 Å². The third-order valence-electron chi connectivity index (χ3n) is 3.06. The number of unbranched alkanes of at least 4 members (excludes halogenated alkanes) is 1. The molecule has 0 unspecified atom stereocenters. The molecule has 3 heteroatoms. The first kappa shape index (κ1) is 14.9. The number of hydrogen-bond acceptors (Lipinski definition) is 2. The predicted molar refractivity (Wildman–Crippen MR) is 68.6 cm³/mol. The number of rotatable bonds is 6. The fraction of sp³-hybridized carbons (Fsp3) is 0.833. The minimum atomic E-state index is -1.55. The zero-order valence-electron chi connectivity index (χ0n) is 10.8. The van der Waals surface area contributed by atoms with Crippen LogP contribution in [-0.4, -0.2) is 26.6 Å². The molecule has 0 heterocycles. The van der Waals surface area contributed by atoms with Gasteiger partial charge in [-0.3, -0.25) is 0 Å². The van der Waals surface area contributed by atoms with E-state index in [9.17, 15) is 0 Å². The fourth-order valence-electron chi connectivity index (χ4n) is 0.937. The van der Waals surface area contributed by atoms with Crippen molar-refractivity contribution in [2.24, 2.45) is 0 Å². The van der Waals surface area contributed by atoms with Crippen molar-refractivity contribution in [2.75, 3.05) is 13.2 Å². The highest BCUT2D eigenvalue weighted by Crippen LogP contribution is 2.36. The summed E-state index contributed by atoms with van der Waals surface area (Å²) in [4.78, 5) is 0. The van der Waals surface area contributed by atoms with Crippen LogP contribution in [0.5, 0.6) is 0 Å². The summed E-state index contributed by atoms with van der Waals surface area (Å²) in [6.07, 6.45) is 5.83. The van der Waals surface area contributed by atoms with Crippen LogP contribution in [0.25, 0.3) is 0 Å². The number of aliphatic hydroxyl groups excluding tert-OH is 1. The van der Waals surface area contributed by atoms with Gasteiger partial charge in [-0.25, -0.2) is 0 Å². The van der Waals surface area contributed by atoms with E-state index < -0.39 is 8.32 Å². The van der Waals surface area contributed by atoms with E-state index in [2.05, 4.69) is 33.9 Å². The van der Waals surface area contributed by atoms with Crippen LogP contribution in [0.1, 0.15) is 33.6 Å². The van der Waals surface area contributed by atoms with E-state index in [1.165, 1.54) is 0 Å². The van der Waals surface area contributed by atoms with Crippen molar-refractivity contribution in [1.29, 1.82) is 0 Å². The first-order chi connectivity index (χ1) is 6.81. The molecule has 0 spiro atoms. The molecule has 0 saturated heterocycles. The van der Waals surface area contributed by atoms with E-state index >= 15 is 0 Å². The molecular formula is C12H26O2Si. The lowest BCUT2D eigenvalue weighted by Crippen LogP contribution is -2.40. The Hall–Kier alpha value is -0.123. The molecule has 0 radical (unpaired) electrons. The molecule has 90 valence electrons. The van der Waals surface area contributed by atoms with E-state index in [0.717, 1.165) is 19.4 Å². The molecule has 15 heavy (non-hydrogen) atoms. The maximum Gasteiger partial charge on any atom is 0.191 e. The third-order valence-corrected chi connectivity index (χ3v) is 7.59. The van der Waals surface area contributed by atoms with Crippen molar-refractivity contribution >= 4 is 8.32 Å². The van der Waals surface area contributed by atoms with Crippen molar-refractivity contribution in [1.82, 2.24) is 0 Å². The van der Waals surface area contributed by atoms with Gasteiger partial charge >= 0.3 is 0 Å². The minimum absolute atomic E-state index is 0.142. The van der Waals surface area contributed by atoms with Gasteiger partial charge < -0.3 is 9.53 Å². The molecule has 0 aliphatic carbocycles. The molecule has 2 nitrogen and oxygen atoms in total. The largest absolute Gasteiger partial charge is 0.417 e. The van der Waals surface area contributed by atoms with Crippen LogP contribution in [0.2, 0.25) is 18.1 Å². The van der Waals surface area contributed by atoms with Crippen LogP contribution in [0.15, 0.2) is 12.2 Å². The summed E-state index contributed by atoms with van der Waals surface area (Å²) in [7, 11) is -1.55. The maximum atomic E-state index is 8.55. The first-order valence-electron chi connectivity index (χ1n) is 5.71. The van der Waals surface area contributed by atoms with Crippen molar-refractivity contribution in [3.8, 4) is 0 Å². The number of aliphatic hydroxyl groups is 1. The number of hydrogen-bond donors (Lipinski definition) is 1. The molecule has 0 atom stereocenters.